The van der Waals surface area contributed by atoms with Gasteiger partial charge in [-0.05, 0) is 43.7 Å². The third kappa shape index (κ3) is 2.78. The molecule has 0 radical (unpaired) electrons. The Balaban J connectivity index is 1.85. The summed E-state index contributed by atoms with van der Waals surface area (Å²) in [5.74, 6) is -0.506. The molecule has 2 amide bonds. The normalized spacial score (nSPS) is 21.1. The molecule has 2 heterocycles. The first-order chi connectivity index (χ1) is 11.4. The Kier molecular flexibility index (Phi) is 4.32. The van der Waals surface area contributed by atoms with Crippen LogP contribution in [0.25, 0.3) is 0 Å². The molecule has 1 aromatic carbocycles. The zero-order chi connectivity index (χ0) is 17.3. The minimum atomic E-state index is -1.19. The molecule has 1 aromatic heterocycles. The Morgan fingerprint density at radius 2 is 1.92 bits per heavy atom. The minimum Gasteiger partial charge on any atom is -0.348 e. The number of nitrogens with zero attached hydrogens (tertiary/aromatic N) is 2. The van der Waals surface area contributed by atoms with Gasteiger partial charge in [-0.2, -0.15) is 0 Å². The highest BCUT2D eigenvalue weighted by Crippen LogP contribution is 2.44. The number of carbonyl (C=O) groups is 2. The number of fused-ring (bicyclic) bond motifs is 1. The van der Waals surface area contributed by atoms with Crippen molar-refractivity contribution < 1.29 is 9.59 Å². The second-order valence-electron chi connectivity index (χ2n) is 5.94. The molecule has 24 heavy (non-hydrogen) atoms. The first-order valence-corrected chi connectivity index (χ1v) is 8.52. The summed E-state index contributed by atoms with van der Waals surface area (Å²) in [5, 5.41) is 2.95. The van der Waals surface area contributed by atoms with Crippen LogP contribution >= 0.6 is 11.8 Å². The van der Waals surface area contributed by atoms with Gasteiger partial charge < -0.3 is 10.2 Å². The monoisotopic (exact) mass is 341 g/mol. The van der Waals surface area contributed by atoms with E-state index in [0.717, 1.165) is 16.1 Å². The Morgan fingerprint density at radius 3 is 2.62 bits per heavy atom. The van der Waals surface area contributed by atoms with Gasteiger partial charge in [0.2, 0.25) is 5.91 Å². The van der Waals surface area contributed by atoms with Gasteiger partial charge in [-0.3, -0.25) is 14.6 Å². The molecule has 0 spiro atoms. The van der Waals surface area contributed by atoms with Crippen LogP contribution in [-0.2, 0) is 9.59 Å². The predicted molar refractivity (Wildman–Crippen MR) is 94.9 cm³/mol. The summed E-state index contributed by atoms with van der Waals surface area (Å²) in [4.78, 5) is 32.1. The van der Waals surface area contributed by atoms with Gasteiger partial charge in [0.1, 0.15) is 0 Å². The van der Waals surface area contributed by atoms with Crippen molar-refractivity contribution in [3.63, 3.8) is 0 Å². The van der Waals surface area contributed by atoms with Crippen molar-refractivity contribution >= 4 is 29.3 Å². The van der Waals surface area contributed by atoms with E-state index in [2.05, 4.69) is 10.3 Å². The highest BCUT2D eigenvalue weighted by atomic mass is 32.2. The smallest absolute Gasteiger partial charge is 0.252 e. The number of benzene rings is 1. The van der Waals surface area contributed by atoms with Gasteiger partial charge in [0.05, 0.1) is 11.7 Å². The maximum absolute atomic E-state index is 12.9. The van der Waals surface area contributed by atoms with Crippen LogP contribution in [-0.4, -0.2) is 28.6 Å². The van der Waals surface area contributed by atoms with Crippen LogP contribution in [0.4, 0.5) is 5.69 Å². The average molecular weight is 341 g/mol. The van der Waals surface area contributed by atoms with Gasteiger partial charge in [0.15, 0.2) is 4.75 Å². The van der Waals surface area contributed by atoms with E-state index in [0.29, 0.717) is 0 Å². The van der Waals surface area contributed by atoms with Crippen molar-refractivity contribution in [2.75, 3.05) is 11.9 Å². The zero-order valence-corrected chi connectivity index (χ0v) is 14.6. The standard InChI is InChI=1S/C18H19N3O2S/c1-12(13-8-10-19-11-9-13)20-16(22)18(2)17(23)21(3)14-6-4-5-7-15(14)24-18/h4-12H,1-3H3,(H,20,22)/t12-,18+/m0/s1. The Hall–Kier alpha value is -2.34. The molecular formula is C18H19N3O2S. The predicted octanol–water partition coefficient (Wildman–Crippen LogP) is 2.79. The second-order valence-corrected chi connectivity index (χ2v) is 7.40. The van der Waals surface area contributed by atoms with Crippen LogP contribution in [0.1, 0.15) is 25.5 Å². The van der Waals surface area contributed by atoms with Gasteiger partial charge >= 0.3 is 0 Å². The van der Waals surface area contributed by atoms with Crippen molar-refractivity contribution in [3.05, 3.63) is 54.4 Å². The molecule has 0 bridgehead atoms. The van der Waals surface area contributed by atoms with E-state index in [9.17, 15) is 9.59 Å². The molecule has 3 rings (SSSR count). The topological polar surface area (TPSA) is 62.3 Å². The molecule has 6 heteroatoms. The van der Waals surface area contributed by atoms with Crippen molar-refractivity contribution in [3.8, 4) is 0 Å². The molecule has 1 aliphatic rings. The van der Waals surface area contributed by atoms with Gasteiger partial charge in [-0.25, -0.2) is 0 Å². The van der Waals surface area contributed by atoms with Crippen molar-refractivity contribution in [1.29, 1.82) is 0 Å². The van der Waals surface area contributed by atoms with Crippen LogP contribution in [0.15, 0.2) is 53.7 Å². The largest absolute Gasteiger partial charge is 0.348 e. The number of rotatable bonds is 3. The van der Waals surface area contributed by atoms with E-state index in [1.54, 1.807) is 31.3 Å². The number of para-hydroxylation sites is 1. The molecule has 0 aliphatic carbocycles. The SMILES string of the molecule is C[C@H](NC(=O)[C@@]1(C)Sc2ccccc2N(C)C1=O)c1ccncc1. The Bertz CT molecular complexity index is 781. The number of hydrogen-bond acceptors (Lipinski definition) is 4. The third-order valence-corrected chi connectivity index (χ3v) is 5.57. The number of pyridine rings is 1. The maximum Gasteiger partial charge on any atom is 0.252 e. The molecule has 5 nitrogen and oxygen atoms in total. The minimum absolute atomic E-state index is 0.201. The Labute approximate surface area is 145 Å². The molecular weight excluding hydrogens is 322 g/mol. The van der Waals surface area contributed by atoms with E-state index in [1.807, 2.05) is 43.3 Å². The Morgan fingerprint density at radius 1 is 1.25 bits per heavy atom. The molecule has 2 aromatic rings. The third-order valence-electron chi connectivity index (χ3n) is 4.24. The fraction of sp³-hybridized carbons (Fsp3) is 0.278. The van der Waals surface area contributed by atoms with E-state index in [1.165, 1.54) is 11.8 Å². The molecule has 0 unspecified atom stereocenters. The van der Waals surface area contributed by atoms with Crippen molar-refractivity contribution in [1.82, 2.24) is 10.3 Å². The van der Waals surface area contributed by atoms with Crippen LogP contribution < -0.4 is 10.2 Å². The summed E-state index contributed by atoms with van der Waals surface area (Å²) in [6, 6.07) is 11.1. The summed E-state index contributed by atoms with van der Waals surface area (Å²) in [5.41, 5.74) is 1.78. The number of thioether (sulfide) groups is 1. The van der Waals surface area contributed by atoms with Crippen LogP contribution in [0.5, 0.6) is 0 Å². The molecule has 2 atom stereocenters. The molecule has 0 saturated carbocycles. The number of aromatic nitrogens is 1. The maximum atomic E-state index is 12.9. The average Bonchev–Trinajstić information content (AvgIpc) is 2.60. The number of carbonyl (C=O) groups excluding carboxylic acids is 2. The first kappa shape index (κ1) is 16.5. The summed E-state index contributed by atoms with van der Waals surface area (Å²) < 4.78 is -1.19. The van der Waals surface area contributed by atoms with Gasteiger partial charge in [0, 0.05) is 24.3 Å². The number of anilines is 1. The lowest BCUT2D eigenvalue weighted by molar-refractivity contribution is -0.131. The summed E-state index contributed by atoms with van der Waals surface area (Å²) in [6.45, 7) is 3.58. The molecule has 1 N–H and O–H groups in total. The number of nitrogens with one attached hydrogen (secondary N) is 1. The van der Waals surface area contributed by atoms with Gasteiger partial charge in [0.25, 0.3) is 5.91 Å². The molecule has 0 saturated heterocycles. The highest BCUT2D eigenvalue weighted by molar-refractivity contribution is 8.02. The van der Waals surface area contributed by atoms with Gasteiger partial charge in [-0.15, -0.1) is 0 Å². The summed E-state index contributed by atoms with van der Waals surface area (Å²) >= 11 is 1.30. The number of hydrogen-bond donors (Lipinski definition) is 1. The first-order valence-electron chi connectivity index (χ1n) is 7.70. The summed E-state index contributed by atoms with van der Waals surface area (Å²) in [6.07, 6.45) is 3.37. The van der Waals surface area contributed by atoms with Crippen LogP contribution in [0, 0.1) is 0 Å². The van der Waals surface area contributed by atoms with Crippen LogP contribution in [0.2, 0.25) is 0 Å². The highest BCUT2D eigenvalue weighted by Gasteiger charge is 2.48. The van der Waals surface area contributed by atoms with E-state index < -0.39 is 4.75 Å². The van der Waals surface area contributed by atoms with Gasteiger partial charge in [-0.1, -0.05) is 23.9 Å². The van der Waals surface area contributed by atoms with Crippen LogP contribution in [0.3, 0.4) is 0 Å². The fourth-order valence-electron chi connectivity index (χ4n) is 2.73. The van der Waals surface area contributed by atoms with Crippen molar-refractivity contribution in [2.45, 2.75) is 29.5 Å². The molecule has 0 fully saturated rings. The van der Waals surface area contributed by atoms with Crippen molar-refractivity contribution in [2.24, 2.45) is 0 Å². The van der Waals surface area contributed by atoms with E-state index in [4.69, 9.17) is 0 Å². The van der Waals surface area contributed by atoms with E-state index in [-0.39, 0.29) is 17.9 Å². The number of amides is 2. The second kappa shape index (κ2) is 6.28. The lowest BCUT2D eigenvalue weighted by Crippen LogP contribution is -2.55. The lowest BCUT2D eigenvalue weighted by Gasteiger charge is -2.37. The quantitative estimate of drug-likeness (QED) is 0.872. The fourth-order valence-corrected chi connectivity index (χ4v) is 4.00. The summed E-state index contributed by atoms with van der Waals surface area (Å²) in [7, 11) is 1.71. The molecule has 124 valence electrons. The van der Waals surface area contributed by atoms with E-state index >= 15 is 0 Å². The zero-order valence-electron chi connectivity index (χ0n) is 13.8. The lowest BCUT2D eigenvalue weighted by atomic mass is 10.1. The molecule has 1 aliphatic heterocycles.